The summed E-state index contributed by atoms with van der Waals surface area (Å²) in [6.07, 6.45) is 0. The van der Waals surface area contributed by atoms with Crippen molar-refractivity contribution < 1.29 is 19.7 Å². The van der Waals surface area contributed by atoms with Crippen LogP contribution in [0.4, 0.5) is 17.1 Å². The van der Waals surface area contributed by atoms with Crippen molar-refractivity contribution >= 4 is 23.0 Å². The summed E-state index contributed by atoms with van der Waals surface area (Å²) in [5.74, 6) is -1.45. The zero-order valence-electron chi connectivity index (χ0n) is 14.9. The number of rotatable bonds is 6. The average molecular weight is 386 g/mol. The minimum absolute atomic E-state index is 0.139. The Bertz CT molecular complexity index is 875. The highest BCUT2D eigenvalue weighted by molar-refractivity contribution is 5.92. The molecule has 1 heterocycles. The molecule has 3 rings (SSSR count). The molecule has 2 aromatic rings. The van der Waals surface area contributed by atoms with Crippen LogP contribution in [0.25, 0.3) is 0 Å². The summed E-state index contributed by atoms with van der Waals surface area (Å²) in [6.45, 7) is 2.59. The molecule has 0 amide bonds. The molecule has 1 aliphatic rings. The number of benzene rings is 2. The van der Waals surface area contributed by atoms with Crippen molar-refractivity contribution in [3.63, 3.8) is 0 Å². The first kappa shape index (κ1) is 19.2. The van der Waals surface area contributed by atoms with E-state index in [4.69, 9.17) is 5.11 Å². The summed E-state index contributed by atoms with van der Waals surface area (Å²) in [7, 11) is 0. The van der Waals surface area contributed by atoms with Gasteiger partial charge in [0.15, 0.2) is 5.69 Å². The maximum atomic E-state index is 11.5. The van der Waals surface area contributed by atoms with E-state index < -0.39 is 32.8 Å². The summed E-state index contributed by atoms with van der Waals surface area (Å²) >= 11 is 0. The van der Waals surface area contributed by atoms with Crippen molar-refractivity contribution in [3.05, 3.63) is 73.8 Å². The second-order valence-electron chi connectivity index (χ2n) is 6.43. The van der Waals surface area contributed by atoms with Crippen LogP contribution < -0.4 is 4.90 Å². The Balaban J connectivity index is 1.86. The number of hydrogen-bond donors (Lipinski definition) is 1. The van der Waals surface area contributed by atoms with E-state index in [1.165, 1.54) is 0 Å². The number of carbonyl (C=O) groups is 1. The average Bonchev–Trinajstić information content (AvgIpc) is 2.68. The Morgan fingerprint density at radius 2 is 1.50 bits per heavy atom. The van der Waals surface area contributed by atoms with Gasteiger partial charge in [0.1, 0.15) is 0 Å². The lowest BCUT2D eigenvalue weighted by atomic mass is 10.1. The fourth-order valence-electron chi connectivity index (χ4n) is 3.30. The van der Waals surface area contributed by atoms with Crippen LogP contribution in [-0.2, 0) is 6.54 Å². The zero-order valence-corrected chi connectivity index (χ0v) is 14.9. The number of carboxylic acids is 1. The number of hydrogen-bond acceptors (Lipinski definition) is 7. The van der Waals surface area contributed by atoms with Crippen molar-refractivity contribution in [3.8, 4) is 0 Å². The van der Waals surface area contributed by atoms with Crippen molar-refractivity contribution in [2.24, 2.45) is 0 Å². The molecular weight excluding hydrogens is 368 g/mol. The van der Waals surface area contributed by atoms with Crippen LogP contribution >= 0.6 is 0 Å². The van der Waals surface area contributed by atoms with Crippen LogP contribution in [0.15, 0.2) is 42.5 Å². The largest absolute Gasteiger partial charge is 0.478 e. The molecule has 146 valence electrons. The summed E-state index contributed by atoms with van der Waals surface area (Å²) in [4.78, 5) is 36.3. The predicted octanol–water partition coefficient (Wildman–Crippen LogP) is 2.52. The SMILES string of the molecule is O=C(O)c1cc([N+](=O)[O-])c(N2CCN(Cc3ccccc3)CC2)c([N+](=O)[O-])c1. The van der Waals surface area contributed by atoms with Crippen molar-refractivity contribution in [2.45, 2.75) is 6.54 Å². The Labute approximate surface area is 159 Å². The molecule has 0 saturated carbocycles. The monoisotopic (exact) mass is 386 g/mol. The van der Waals surface area contributed by atoms with Gasteiger partial charge in [-0.05, 0) is 5.56 Å². The first-order chi connectivity index (χ1) is 13.4. The molecule has 1 saturated heterocycles. The number of anilines is 1. The highest BCUT2D eigenvalue weighted by Crippen LogP contribution is 2.39. The fraction of sp³-hybridized carbons (Fsp3) is 0.278. The van der Waals surface area contributed by atoms with Crippen LogP contribution in [0.3, 0.4) is 0 Å². The molecule has 0 aliphatic carbocycles. The summed E-state index contributed by atoms with van der Waals surface area (Å²) in [5, 5.41) is 32.1. The van der Waals surface area contributed by atoms with Crippen LogP contribution in [0.2, 0.25) is 0 Å². The molecule has 10 heteroatoms. The quantitative estimate of drug-likeness (QED) is 0.592. The standard InChI is InChI=1S/C18H18N4O6/c23-18(24)14-10-15(21(25)26)17(16(11-14)22(27)28)20-8-6-19(7-9-20)12-13-4-2-1-3-5-13/h1-5,10-11H,6-9,12H2,(H,23,24). The minimum Gasteiger partial charge on any atom is -0.478 e. The van der Waals surface area contributed by atoms with E-state index in [1.807, 2.05) is 30.3 Å². The van der Waals surface area contributed by atoms with Crippen LogP contribution in [0.5, 0.6) is 0 Å². The van der Waals surface area contributed by atoms with Gasteiger partial charge in [-0.3, -0.25) is 25.1 Å². The lowest BCUT2D eigenvalue weighted by molar-refractivity contribution is -0.392. The Morgan fingerprint density at radius 3 is 1.96 bits per heavy atom. The highest BCUT2D eigenvalue weighted by Gasteiger charge is 2.33. The van der Waals surface area contributed by atoms with Gasteiger partial charge in [0, 0.05) is 44.9 Å². The van der Waals surface area contributed by atoms with E-state index in [2.05, 4.69) is 4.90 Å². The number of piperazine rings is 1. The molecule has 0 spiro atoms. The molecule has 0 aromatic heterocycles. The lowest BCUT2D eigenvalue weighted by Gasteiger charge is -2.35. The van der Waals surface area contributed by atoms with Gasteiger partial charge in [0.25, 0.3) is 0 Å². The number of nitro groups is 2. The zero-order chi connectivity index (χ0) is 20.3. The minimum atomic E-state index is -1.45. The van der Waals surface area contributed by atoms with Gasteiger partial charge < -0.3 is 10.0 Å². The van der Waals surface area contributed by atoms with E-state index in [1.54, 1.807) is 4.90 Å². The maximum absolute atomic E-state index is 11.5. The molecule has 0 bridgehead atoms. The van der Waals surface area contributed by atoms with Crippen LogP contribution in [-0.4, -0.2) is 52.0 Å². The second-order valence-corrected chi connectivity index (χ2v) is 6.43. The molecule has 0 atom stereocenters. The topological polar surface area (TPSA) is 130 Å². The van der Waals surface area contributed by atoms with E-state index in [0.717, 1.165) is 24.2 Å². The molecule has 1 aliphatic heterocycles. The summed E-state index contributed by atoms with van der Waals surface area (Å²) < 4.78 is 0. The van der Waals surface area contributed by atoms with Gasteiger partial charge in [0.05, 0.1) is 15.4 Å². The smallest absolute Gasteiger partial charge is 0.336 e. The van der Waals surface area contributed by atoms with Crippen molar-refractivity contribution in [1.29, 1.82) is 0 Å². The van der Waals surface area contributed by atoms with E-state index in [-0.39, 0.29) is 5.69 Å². The number of nitrogens with zero attached hydrogens (tertiary/aromatic N) is 4. The Hall–Kier alpha value is -3.53. The van der Waals surface area contributed by atoms with Gasteiger partial charge in [0.2, 0.25) is 0 Å². The molecule has 0 radical (unpaired) electrons. The third-order valence-corrected chi connectivity index (χ3v) is 4.65. The van der Waals surface area contributed by atoms with Crippen molar-refractivity contribution in [1.82, 2.24) is 4.90 Å². The number of aromatic carboxylic acids is 1. The molecule has 10 nitrogen and oxygen atoms in total. The summed E-state index contributed by atoms with van der Waals surface area (Å²) in [6, 6.07) is 11.6. The first-order valence-corrected chi connectivity index (χ1v) is 8.58. The number of nitro benzene ring substituents is 2. The normalized spacial score (nSPS) is 14.6. The van der Waals surface area contributed by atoms with Crippen molar-refractivity contribution in [2.75, 3.05) is 31.1 Å². The number of carboxylic acid groups (broad SMARTS) is 1. The summed E-state index contributed by atoms with van der Waals surface area (Å²) in [5.41, 5.74) is -0.617. The highest BCUT2D eigenvalue weighted by atomic mass is 16.6. The first-order valence-electron chi connectivity index (χ1n) is 8.58. The van der Waals surface area contributed by atoms with Gasteiger partial charge >= 0.3 is 17.3 Å². The molecule has 0 unspecified atom stereocenters. The maximum Gasteiger partial charge on any atom is 0.336 e. The van der Waals surface area contributed by atoms with Gasteiger partial charge in [-0.2, -0.15) is 0 Å². The van der Waals surface area contributed by atoms with Crippen LogP contribution in [0.1, 0.15) is 15.9 Å². The molecule has 2 aromatic carbocycles. The fourth-order valence-corrected chi connectivity index (χ4v) is 3.30. The molecular formula is C18H18N4O6. The van der Waals surface area contributed by atoms with E-state index >= 15 is 0 Å². The second kappa shape index (κ2) is 8.01. The molecule has 1 N–H and O–H groups in total. The van der Waals surface area contributed by atoms with Gasteiger partial charge in [-0.1, -0.05) is 30.3 Å². The van der Waals surface area contributed by atoms with Crippen LogP contribution in [0, 0.1) is 20.2 Å². The van der Waals surface area contributed by atoms with Gasteiger partial charge in [-0.25, -0.2) is 4.79 Å². The van der Waals surface area contributed by atoms with Gasteiger partial charge in [-0.15, -0.1) is 0 Å². The van der Waals surface area contributed by atoms with E-state index in [9.17, 15) is 25.0 Å². The molecule has 1 fully saturated rings. The Morgan fingerprint density at radius 1 is 0.964 bits per heavy atom. The third-order valence-electron chi connectivity index (χ3n) is 4.65. The predicted molar refractivity (Wildman–Crippen MR) is 101 cm³/mol. The third kappa shape index (κ3) is 4.07. The Kier molecular flexibility index (Phi) is 5.50. The van der Waals surface area contributed by atoms with E-state index in [0.29, 0.717) is 26.2 Å². The molecule has 28 heavy (non-hydrogen) atoms. The lowest BCUT2D eigenvalue weighted by Crippen LogP contribution is -2.46.